The summed E-state index contributed by atoms with van der Waals surface area (Å²) in [4.78, 5) is 7.51. The zero-order valence-corrected chi connectivity index (χ0v) is 20.9. The van der Waals surface area contributed by atoms with Crippen molar-refractivity contribution in [3.63, 3.8) is 0 Å². The predicted octanol–water partition coefficient (Wildman–Crippen LogP) is 6.52. The average molecular weight is 512 g/mol. The Morgan fingerprint density at radius 3 is 2.15 bits per heavy atom. The summed E-state index contributed by atoms with van der Waals surface area (Å²) in [6, 6.07) is 20.4. The highest BCUT2D eigenvalue weighted by Gasteiger charge is 2.22. The van der Waals surface area contributed by atoms with Crippen molar-refractivity contribution in [2.75, 3.05) is 24.2 Å². The number of anilines is 1. The molecule has 1 aromatic heterocycles. The van der Waals surface area contributed by atoms with Crippen LogP contribution in [0.5, 0.6) is 0 Å². The van der Waals surface area contributed by atoms with Gasteiger partial charge < -0.3 is 4.90 Å². The maximum atomic E-state index is 12.0. The largest absolute Gasteiger partial charge is 0.355 e. The number of imidazole rings is 1. The van der Waals surface area contributed by atoms with Crippen LogP contribution < -0.4 is 4.90 Å². The summed E-state index contributed by atoms with van der Waals surface area (Å²) in [7, 11) is -3.28. The number of sulfone groups is 1. The lowest BCUT2D eigenvalue weighted by atomic mass is 10.1. The second-order valence-electron chi connectivity index (χ2n) is 8.43. The number of hydrogen-bond donors (Lipinski definition) is 0. The quantitative estimate of drug-likeness (QED) is 0.306. The zero-order chi connectivity index (χ0) is 23.9. The summed E-state index contributed by atoms with van der Waals surface area (Å²) < 4.78 is 25.9. The third-order valence-electron chi connectivity index (χ3n) is 6.05. The minimum Gasteiger partial charge on any atom is -0.355 e. The van der Waals surface area contributed by atoms with Gasteiger partial charge in [0.1, 0.15) is 11.6 Å². The van der Waals surface area contributed by atoms with E-state index < -0.39 is 9.84 Å². The molecule has 5 rings (SSSR count). The summed E-state index contributed by atoms with van der Waals surface area (Å²) in [6.07, 6.45) is 5.54. The highest BCUT2D eigenvalue weighted by atomic mass is 35.5. The van der Waals surface area contributed by atoms with Crippen LogP contribution in [0.1, 0.15) is 12.8 Å². The van der Waals surface area contributed by atoms with Crippen molar-refractivity contribution in [1.82, 2.24) is 9.55 Å². The second kappa shape index (κ2) is 9.10. The number of nitrogens with zero attached hydrogens (tertiary/aromatic N) is 3. The van der Waals surface area contributed by atoms with E-state index in [4.69, 9.17) is 28.2 Å². The fourth-order valence-corrected chi connectivity index (χ4v) is 5.51. The number of benzene rings is 3. The molecule has 1 saturated heterocycles. The molecule has 8 heteroatoms. The van der Waals surface area contributed by atoms with E-state index in [-0.39, 0.29) is 0 Å². The van der Waals surface area contributed by atoms with Gasteiger partial charge in [-0.3, -0.25) is 4.57 Å². The summed E-state index contributed by atoms with van der Waals surface area (Å²) >= 11 is 13.1. The molecule has 2 heterocycles. The van der Waals surface area contributed by atoms with Gasteiger partial charge in [-0.25, -0.2) is 13.4 Å². The van der Waals surface area contributed by atoms with Gasteiger partial charge in [-0.2, -0.15) is 0 Å². The molecular formula is C26H23Cl2N3O2S. The van der Waals surface area contributed by atoms with E-state index in [9.17, 15) is 8.42 Å². The molecule has 0 aliphatic carbocycles. The van der Waals surface area contributed by atoms with E-state index in [2.05, 4.69) is 4.90 Å². The summed E-state index contributed by atoms with van der Waals surface area (Å²) in [5.74, 6) is 1.58. The normalized spacial score (nSPS) is 14.0. The molecule has 1 aliphatic heterocycles. The average Bonchev–Trinajstić information content (AvgIpc) is 3.49. The molecule has 0 amide bonds. The maximum absolute atomic E-state index is 12.0. The van der Waals surface area contributed by atoms with Crippen LogP contribution in [0.3, 0.4) is 0 Å². The molecular weight excluding hydrogens is 489 g/mol. The summed E-state index contributed by atoms with van der Waals surface area (Å²) in [5, 5.41) is 1.09. The molecule has 0 spiro atoms. The van der Waals surface area contributed by atoms with Gasteiger partial charge in [0, 0.05) is 25.0 Å². The van der Waals surface area contributed by atoms with E-state index in [1.807, 2.05) is 59.3 Å². The SMILES string of the molecule is CS(=O)(=O)c1cccc(-c2ccc(-n3cc(N4CCCC4)nc3-c3c(Cl)cccc3Cl)cc2)c1. The number of rotatable bonds is 5. The minimum atomic E-state index is -3.28. The topological polar surface area (TPSA) is 55.2 Å². The Balaban J connectivity index is 1.58. The van der Waals surface area contributed by atoms with Gasteiger partial charge in [0.2, 0.25) is 0 Å². The van der Waals surface area contributed by atoms with Crippen LogP contribution in [0.15, 0.2) is 77.8 Å². The predicted molar refractivity (Wildman–Crippen MR) is 139 cm³/mol. The summed E-state index contributed by atoms with van der Waals surface area (Å²) in [5.41, 5.74) is 3.37. The van der Waals surface area contributed by atoms with Crippen LogP contribution >= 0.6 is 23.2 Å². The molecule has 34 heavy (non-hydrogen) atoms. The van der Waals surface area contributed by atoms with Crippen LogP contribution in [0.25, 0.3) is 28.2 Å². The van der Waals surface area contributed by atoms with E-state index in [1.54, 1.807) is 18.2 Å². The minimum absolute atomic E-state index is 0.301. The van der Waals surface area contributed by atoms with Gasteiger partial charge in [-0.05, 0) is 60.4 Å². The van der Waals surface area contributed by atoms with E-state index in [0.717, 1.165) is 48.6 Å². The first kappa shape index (κ1) is 23.0. The lowest BCUT2D eigenvalue weighted by Crippen LogP contribution is -2.17. The molecule has 0 bridgehead atoms. The molecule has 0 radical (unpaired) electrons. The number of halogens is 2. The molecule has 0 saturated carbocycles. The standard InChI is InChI=1S/C26H23Cl2N3O2S/c1-34(32,33)21-7-4-6-19(16-21)18-10-12-20(13-11-18)31-17-24(30-14-2-3-15-30)29-26(31)25-22(27)8-5-9-23(25)28/h4-13,16-17H,2-3,14-15H2,1H3. The highest BCUT2D eigenvalue weighted by Crippen LogP contribution is 2.37. The lowest BCUT2D eigenvalue weighted by Gasteiger charge is -2.12. The lowest BCUT2D eigenvalue weighted by molar-refractivity contribution is 0.602. The van der Waals surface area contributed by atoms with Gasteiger partial charge in [0.25, 0.3) is 0 Å². The highest BCUT2D eigenvalue weighted by molar-refractivity contribution is 7.90. The van der Waals surface area contributed by atoms with Gasteiger partial charge in [-0.15, -0.1) is 0 Å². The van der Waals surface area contributed by atoms with Crippen molar-refractivity contribution in [2.45, 2.75) is 17.7 Å². The zero-order valence-electron chi connectivity index (χ0n) is 18.6. The Labute approximate surface area is 209 Å². The van der Waals surface area contributed by atoms with Crippen molar-refractivity contribution in [1.29, 1.82) is 0 Å². The fraction of sp³-hybridized carbons (Fsp3) is 0.192. The Hall–Kier alpha value is -2.80. The molecule has 1 fully saturated rings. The first-order valence-electron chi connectivity index (χ1n) is 11.0. The van der Waals surface area contributed by atoms with Gasteiger partial charge in [0.05, 0.1) is 26.7 Å². The number of hydrogen-bond acceptors (Lipinski definition) is 4. The smallest absolute Gasteiger partial charge is 0.175 e. The Morgan fingerprint density at radius 1 is 0.853 bits per heavy atom. The molecule has 3 aromatic carbocycles. The third-order valence-corrected chi connectivity index (χ3v) is 7.79. The van der Waals surface area contributed by atoms with Crippen molar-refractivity contribution in [3.8, 4) is 28.2 Å². The Bertz CT molecular complexity index is 1440. The van der Waals surface area contributed by atoms with E-state index in [1.165, 1.54) is 6.26 Å². The Kier molecular flexibility index (Phi) is 6.15. The maximum Gasteiger partial charge on any atom is 0.175 e. The number of aromatic nitrogens is 2. The van der Waals surface area contributed by atoms with Crippen LogP contribution in [-0.2, 0) is 9.84 Å². The molecule has 4 aromatic rings. The van der Waals surface area contributed by atoms with Gasteiger partial charge in [-0.1, -0.05) is 53.5 Å². The first-order valence-corrected chi connectivity index (χ1v) is 13.7. The summed E-state index contributed by atoms with van der Waals surface area (Å²) in [6.45, 7) is 1.95. The molecule has 0 unspecified atom stereocenters. The molecule has 0 atom stereocenters. The monoisotopic (exact) mass is 511 g/mol. The second-order valence-corrected chi connectivity index (χ2v) is 11.3. The van der Waals surface area contributed by atoms with Crippen molar-refractivity contribution < 1.29 is 8.42 Å². The first-order chi connectivity index (χ1) is 16.3. The third kappa shape index (κ3) is 4.45. The molecule has 174 valence electrons. The fourth-order valence-electron chi connectivity index (χ4n) is 4.27. The molecule has 1 aliphatic rings. The van der Waals surface area contributed by atoms with Crippen LogP contribution in [0.4, 0.5) is 5.82 Å². The van der Waals surface area contributed by atoms with Gasteiger partial charge in [0.15, 0.2) is 9.84 Å². The van der Waals surface area contributed by atoms with Gasteiger partial charge >= 0.3 is 0 Å². The van der Waals surface area contributed by atoms with Crippen LogP contribution in [0.2, 0.25) is 10.0 Å². The van der Waals surface area contributed by atoms with Crippen molar-refractivity contribution in [3.05, 3.63) is 83.0 Å². The van der Waals surface area contributed by atoms with Crippen molar-refractivity contribution in [2.24, 2.45) is 0 Å². The van der Waals surface area contributed by atoms with Crippen LogP contribution in [-0.4, -0.2) is 37.3 Å². The van der Waals surface area contributed by atoms with Crippen molar-refractivity contribution >= 4 is 38.9 Å². The van der Waals surface area contributed by atoms with Crippen LogP contribution in [0, 0.1) is 0 Å². The molecule has 5 nitrogen and oxygen atoms in total. The van der Waals surface area contributed by atoms with E-state index >= 15 is 0 Å². The molecule has 0 N–H and O–H groups in total. The Morgan fingerprint density at radius 2 is 1.50 bits per heavy atom. The van der Waals surface area contributed by atoms with E-state index in [0.29, 0.717) is 26.3 Å².